The normalized spacial score (nSPS) is 11.9. The van der Waals surface area contributed by atoms with Gasteiger partial charge in [-0.15, -0.1) is 11.3 Å². The Bertz CT molecular complexity index is 1080. The molecule has 0 bridgehead atoms. The lowest BCUT2D eigenvalue weighted by Gasteiger charge is -2.23. The first-order valence-corrected chi connectivity index (χ1v) is 9.70. The number of nitrogens with one attached hydrogen (secondary N) is 1. The van der Waals surface area contributed by atoms with Crippen molar-refractivity contribution in [1.29, 1.82) is 0 Å². The molecule has 2 aromatic carbocycles. The number of rotatable bonds is 5. The third kappa shape index (κ3) is 3.70. The highest BCUT2D eigenvalue weighted by Gasteiger charge is 2.22. The molecule has 0 radical (unpaired) electrons. The Labute approximate surface area is 166 Å². The topological polar surface area (TPSA) is 71.0 Å². The Morgan fingerprint density at radius 3 is 2.64 bits per heavy atom. The predicted molar refractivity (Wildman–Crippen MR) is 112 cm³/mol. The monoisotopic (exact) mass is 389 g/mol. The second-order valence-electron chi connectivity index (χ2n) is 6.39. The summed E-state index contributed by atoms with van der Waals surface area (Å²) in [5.74, 6) is 0.424. The number of benzene rings is 2. The fraction of sp³-hybridized carbons (Fsp3) is 0.143. The van der Waals surface area contributed by atoms with E-state index in [1.165, 1.54) is 0 Å². The van der Waals surface area contributed by atoms with Crippen molar-refractivity contribution in [2.24, 2.45) is 0 Å². The zero-order valence-corrected chi connectivity index (χ0v) is 16.4. The molecule has 7 heteroatoms. The van der Waals surface area contributed by atoms with Gasteiger partial charge in [-0.05, 0) is 43.3 Å². The number of hydrogen-bond acceptors (Lipinski definition) is 6. The number of para-hydroxylation sites is 1. The Morgan fingerprint density at radius 2 is 1.86 bits per heavy atom. The van der Waals surface area contributed by atoms with Gasteiger partial charge in [-0.25, -0.2) is 15.0 Å². The lowest BCUT2D eigenvalue weighted by Crippen LogP contribution is -2.29. The molecule has 28 heavy (non-hydrogen) atoms. The van der Waals surface area contributed by atoms with Crippen LogP contribution in [0.3, 0.4) is 0 Å². The molecule has 2 aromatic heterocycles. The summed E-state index contributed by atoms with van der Waals surface area (Å²) in [6, 6.07) is 17.0. The van der Waals surface area contributed by atoms with Gasteiger partial charge in [0.1, 0.15) is 5.01 Å². The maximum Gasteiger partial charge on any atom is 0.254 e. The third-order valence-corrected chi connectivity index (χ3v) is 5.71. The molecule has 0 aliphatic carbocycles. The van der Waals surface area contributed by atoms with Crippen LogP contribution >= 0.6 is 11.3 Å². The van der Waals surface area contributed by atoms with Crippen molar-refractivity contribution in [3.8, 4) is 0 Å². The third-order valence-electron chi connectivity index (χ3n) is 4.50. The van der Waals surface area contributed by atoms with E-state index in [9.17, 15) is 4.79 Å². The molecule has 0 saturated heterocycles. The second-order valence-corrected chi connectivity index (χ2v) is 7.45. The van der Waals surface area contributed by atoms with Gasteiger partial charge in [0.05, 0.1) is 16.3 Å². The van der Waals surface area contributed by atoms with Crippen LogP contribution in [-0.2, 0) is 0 Å². The number of anilines is 2. The quantitative estimate of drug-likeness (QED) is 0.537. The Hall–Kier alpha value is -3.32. The van der Waals surface area contributed by atoms with Crippen LogP contribution in [0.25, 0.3) is 10.2 Å². The minimum absolute atomic E-state index is 0.0654. The van der Waals surface area contributed by atoms with Crippen LogP contribution in [0.2, 0.25) is 0 Å². The van der Waals surface area contributed by atoms with E-state index < -0.39 is 0 Å². The van der Waals surface area contributed by atoms with Crippen LogP contribution in [0, 0.1) is 0 Å². The molecule has 140 valence electrons. The molecule has 4 aromatic rings. The van der Waals surface area contributed by atoms with E-state index in [4.69, 9.17) is 0 Å². The van der Waals surface area contributed by atoms with Crippen LogP contribution in [0.4, 0.5) is 11.6 Å². The van der Waals surface area contributed by atoms with E-state index in [0.717, 1.165) is 20.9 Å². The van der Waals surface area contributed by atoms with E-state index in [1.54, 1.807) is 53.9 Å². The van der Waals surface area contributed by atoms with E-state index in [1.807, 2.05) is 43.3 Å². The Kier molecular flexibility index (Phi) is 4.99. The van der Waals surface area contributed by atoms with E-state index in [2.05, 4.69) is 20.3 Å². The van der Waals surface area contributed by atoms with Crippen LogP contribution in [0.15, 0.2) is 67.0 Å². The van der Waals surface area contributed by atoms with Gasteiger partial charge in [-0.2, -0.15) is 0 Å². The number of fused-ring (bicyclic) bond motifs is 1. The van der Waals surface area contributed by atoms with Crippen molar-refractivity contribution < 1.29 is 4.79 Å². The van der Waals surface area contributed by atoms with Gasteiger partial charge in [0, 0.05) is 30.7 Å². The first kappa shape index (κ1) is 18.1. The summed E-state index contributed by atoms with van der Waals surface area (Å²) in [5, 5.41) is 4.03. The van der Waals surface area contributed by atoms with Gasteiger partial charge in [0.2, 0.25) is 5.95 Å². The standard InChI is InChI=1S/C21H19N5OS/c1-14(19-25-17-9-3-4-10-18(17)28-19)26(2)20(27)15-7-5-8-16(13-15)24-21-22-11-6-12-23-21/h3-14H,1-2H3,(H,22,23,24)/t14-/m1/s1. The molecule has 0 spiro atoms. The summed E-state index contributed by atoms with van der Waals surface area (Å²) in [5.41, 5.74) is 2.32. The molecular weight excluding hydrogens is 370 g/mol. The van der Waals surface area contributed by atoms with Crippen molar-refractivity contribution in [1.82, 2.24) is 19.9 Å². The number of thiazole rings is 1. The molecule has 1 N–H and O–H groups in total. The Morgan fingerprint density at radius 1 is 1.07 bits per heavy atom. The fourth-order valence-corrected chi connectivity index (χ4v) is 3.90. The number of hydrogen-bond donors (Lipinski definition) is 1. The second kappa shape index (κ2) is 7.74. The van der Waals surface area contributed by atoms with Gasteiger partial charge < -0.3 is 10.2 Å². The highest BCUT2D eigenvalue weighted by atomic mass is 32.1. The largest absolute Gasteiger partial charge is 0.333 e. The SMILES string of the molecule is C[C@H](c1nc2ccccc2s1)N(C)C(=O)c1cccc(Nc2ncccn2)c1. The summed E-state index contributed by atoms with van der Waals surface area (Å²) < 4.78 is 1.12. The summed E-state index contributed by atoms with van der Waals surface area (Å²) in [6.45, 7) is 2.00. The number of amides is 1. The average molecular weight is 389 g/mol. The molecule has 4 rings (SSSR count). The summed E-state index contributed by atoms with van der Waals surface area (Å²) in [4.78, 5) is 27.7. The predicted octanol–water partition coefficient (Wildman–Crippen LogP) is 4.66. The molecular formula is C21H19N5OS. The Balaban J connectivity index is 1.53. The molecule has 0 aliphatic rings. The number of aromatic nitrogens is 3. The lowest BCUT2D eigenvalue weighted by molar-refractivity contribution is 0.0742. The van der Waals surface area contributed by atoms with Crippen LogP contribution in [0.5, 0.6) is 0 Å². The van der Waals surface area contributed by atoms with Crippen LogP contribution in [-0.4, -0.2) is 32.8 Å². The molecule has 6 nitrogen and oxygen atoms in total. The summed E-state index contributed by atoms with van der Waals surface area (Å²) in [7, 11) is 1.81. The number of carbonyl (C=O) groups excluding carboxylic acids is 1. The van der Waals surface area contributed by atoms with Crippen molar-refractivity contribution >= 4 is 39.1 Å². The smallest absolute Gasteiger partial charge is 0.254 e. The minimum atomic E-state index is -0.126. The molecule has 2 heterocycles. The first-order chi connectivity index (χ1) is 13.6. The molecule has 0 unspecified atom stereocenters. The molecule has 1 amide bonds. The zero-order valence-electron chi connectivity index (χ0n) is 15.5. The van der Waals surface area contributed by atoms with Crippen molar-refractivity contribution in [2.75, 3.05) is 12.4 Å². The molecule has 1 atom stereocenters. The number of carbonyl (C=O) groups is 1. The van der Waals surface area contributed by atoms with E-state index >= 15 is 0 Å². The van der Waals surface area contributed by atoms with Crippen LogP contribution in [0.1, 0.15) is 28.3 Å². The molecule has 0 fully saturated rings. The van der Waals surface area contributed by atoms with Gasteiger partial charge in [0.25, 0.3) is 5.91 Å². The zero-order chi connectivity index (χ0) is 19.5. The lowest BCUT2D eigenvalue weighted by atomic mass is 10.1. The maximum absolute atomic E-state index is 13.0. The van der Waals surface area contributed by atoms with Crippen molar-refractivity contribution in [2.45, 2.75) is 13.0 Å². The summed E-state index contributed by atoms with van der Waals surface area (Å²) >= 11 is 1.62. The van der Waals surface area contributed by atoms with Gasteiger partial charge in [-0.3, -0.25) is 4.79 Å². The fourth-order valence-electron chi connectivity index (χ4n) is 2.84. The first-order valence-electron chi connectivity index (χ1n) is 8.88. The van der Waals surface area contributed by atoms with E-state index in [-0.39, 0.29) is 11.9 Å². The van der Waals surface area contributed by atoms with Crippen LogP contribution < -0.4 is 5.32 Å². The van der Waals surface area contributed by atoms with Gasteiger partial charge >= 0.3 is 0 Å². The maximum atomic E-state index is 13.0. The van der Waals surface area contributed by atoms with Gasteiger partial charge in [0.15, 0.2) is 0 Å². The highest BCUT2D eigenvalue weighted by molar-refractivity contribution is 7.18. The van der Waals surface area contributed by atoms with Crippen molar-refractivity contribution in [3.63, 3.8) is 0 Å². The van der Waals surface area contributed by atoms with Crippen molar-refractivity contribution in [3.05, 3.63) is 77.6 Å². The van der Waals surface area contributed by atoms with E-state index in [0.29, 0.717) is 11.5 Å². The van der Waals surface area contributed by atoms with Gasteiger partial charge in [-0.1, -0.05) is 18.2 Å². The average Bonchev–Trinajstić information content (AvgIpc) is 3.17. The molecule has 0 saturated carbocycles. The highest BCUT2D eigenvalue weighted by Crippen LogP contribution is 2.29. The minimum Gasteiger partial charge on any atom is -0.333 e. The summed E-state index contributed by atoms with van der Waals surface area (Å²) in [6.07, 6.45) is 3.33. The molecule has 0 aliphatic heterocycles. The number of nitrogens with zero attached hydrogens (tertiary/aromatic N) is 4.